The average Bonchev–Trinajstić information content (AvgIpc) is 3.16. The predicted molar refractivity (Wildman–Crippen MR) is 107 cm³/mol. The summed E-state index contributed by atoms with van der Waals surface area (Å²) in [6, 6.07) is 17.1. The molecule has 0 fully saturated rings. The van der Waals surface area contributed by atoms with E-state index in [0.29, 0.717) is 12.2 Å². The quantitative estimate of drug-likeness (QED) is 0.705. The smallest absolute Gasteiger partial charge is 0.319 e. The number of pyridine rings is 1. The third-order valence-electron chi connectivity index (χ3n) is 4.67. The van der Waals surface area contributed by atoms with Gasteiger partial charge in [0, 0.05) is 37.1 Å². The topological polar surface area (TPSA) is 72.5 Å². The van der Waals surface area contributed by atoms with Crippen molar-refractivity contribution in [2.45, 2.75) is 19.1 Å². The lowest BCUT2D eigenvalue weighted by molar-refractivity contribution is 0.238. The Hall–Kier alpha value is -3.54. The highest BCUT2D eigenvalue weighted by molar-refractivity contribution is 5.89. The Balaban J connectivity index is 1.38. The van der Waals surface area contributed by atoms with Gasteiger partial charge in [0.15, 0.2) is 0 Å². The van der Waals surface area contributed by atoms with E-state index in [1.165, 1.54) is 0 Å². The summed E-state index contributed by atoms with van der Waals surface area (Å²) in [6.07, 6.45) is 4.13. The van der Waals surface area contributed by atoms with E-state index in [4.69, 9.17) is 9.47 Å². The van der Waals surface area contributed by atoms with Crippen molar-refractivity contribution >= 4 is 11.7 Å². The normalized spacial score (nSPS) is 14.7. The Kier molecular flexibility index (Phi) is 5.10. The van der Waals surface area contributed by atoms with Crippen LogP contribution in [-0.2, 0) is 13.0 Å². The summed E-state index contributed by atoms with van der Waals surface area (Å²) in [7, 11) is 1.65. The van der Waals surface area contributed by atoms with Crippen LogP contribution in [0.5, 0.6) is 11.5 Å². The van der Waals surface area contributed by atoms with Crippen LogP contribution in [0.4, 0.5) is 10.5 Å². The maximum Gasteiger partial charge on any atom is 0.319 e. The molecule has 142 valence electrons. The van der Waals surface area contributed by atoms with Crippen LogP contribution in [-0.4, -0.2) is 18.1 Å². The van der Waals surface area contributed by atoms with Crippen molar-refractivity contribution in [3.63, 3.8) is 0 Å². The Morgan fingerprint density at radius 3 is 2.86 bits per heavy atom. The Morgan fingerprint density at radius 1 is 1.18 bits per heavy atom. The van der Waals surface area contributed by atoms with Gasteiger partial charge in [0.25, 0.3) is 0 Å². The molecule has 0 radical (unpaired) electrons. The second-order valence-corrected chi connectivity index (χ2v) is 6.57. The summed E-state index contributed by atoms with van der Waals surface area (Å²) < 4.78 is 11.4. The van der Waals surface area contributed by atoms with E-state index in [1.54, 1.807) is 19.5 Å². The van der Waals surface area contributed by atoms with E-state index in [9.17, 15) is 4.79 Å². The number of hydrogen-bond donors (Lipinski definition) is 2. The van der Waals surface area contributed by atoms with Crippen molar-refractivity contribution in [2.24, 2.45) is 0 Å². The molecule has 28 heavy (non-hydrogen) atoms. The fourth-order valence-corrected chi connectivity index (χ4v) is 3.19. The van der Waals surface area contributed by atoms with Crippen molar-refractivity contribution in [3.05, 3.63) is 83.7 Å². The molecule has 0 saturated heterocycles. The summed E-state index contributed by atoms with van der Waals surface area (Å²) in [6.45, 7) is 0.438. The second kappa shape index (κ2) is 8.00. The van der Waals surface area contributed by atoms with Gasteiger partial charge in [0.1, 0.15) is 17.6 Å². The van der Waals surface area contributed by atoms with Crippen molar-refractivity contribution in [3.8, 4) is 11.5 Å². The SMILES string of the molecule is COc1cccc(C2Cc3ccc(NC(=O)NCc4ccncc4)cc3O2)c1. The van der Waals surface area contributed by atoms with E-state index in [0.717, 1.165) is 34.6 Å². The number of anilines is 1. The van der Waals surface area contributed by atoms with Crippen molar-refractivity contribution in [1.82, 2.24) is 10.3 Å². The van der Waals surface area contributed by atoms with Gasteiger partial charge in [-0.15, -0.1) is 0 Å². The number of urea groups is 1. The first-order valence-electron chi connectivity index (χ1n) is 9.08. The first-order valence-corrected chi connectivity index (χ1v) is 9.08. The number of amides is 2. The molecule has 3 aromatic rings. The maximum absolute atomic E-state index is 12.1. The van der Waals surface area contributed by atoms with Crippen LogP contribution in [0, 0.1) is 0 Å². The number of methoxy groups -OCH3 is 1. The van der Waals surface area contributed by atoms with Gasteiger partial charge in [-0.3, -0.25) is 4.98 Å². The van der Waals surface area contributed by atoms with Gasteiger partial charge < -0.3 is 20.1 Å². The monoisotopic (exact) mass is 375 g/mol. The first kappa shape index (κ1) is 17.9. The maximum atomic E-state index is 12.1. The zero-order chi connectivity index (χ0) is 19.3. The highest BCUT2D eigenvalue weighted by Crippen LogP contribution is 2.38. The van der Waals surface area contributed by atoms with Gasteiger partial charge in [-0.2, -0.15) is 0 Å². The number of ether oxygens (including phenoxy) is 2. The number of nitrogens with one attached hydrogen (secondary N) is 2. The largest absolute Gasteiger partial charge is 0.497 e. The van der Waals surface area contributed by atoms with Crippen LogP contribution in [0.3, 0.4) is 0 Å². The summed E-state index contributed by atoms with van der Waals surface area (Å²) >= 11 is 0. The van der Waals surface area contributed by atoms with Gasteiger partial charge >= 0.3 is 6.03 Å². The lowest BCUT2D eigenvalue weighted by atomic mass is 10.0. The summed E-state index contributed by atoms with van der Waals surface area (Å²) in [5.74, 6) is 1.60. The third-order valence-corrected chi connectivity index (χ3v) is 4.67. The molecular formula is C22H21N3O3. The van der Waals surface area contributed by atoms with Gasteiger partial charge in [-0.25, -0.2) is 4.79 Å². The number of carbonyl (C=O) groups is 1. The summed E-state index contributed by atoms with van der Waals surface area (Å²) in [5, 5.41) is 5.68. The number of fused-ring (bicyclic) bond motifs is 1. The van der Waals surface area contributed by atoms with Gasteiger partial charge in [-0.1, -0.05) is 18.2 Å². The van der Waals surface area contributed by atoms with Gasteiger partial charge in [0.05, 0.1) is 7.11 Å². The van der Waals surface area contributed by atoms with Crippen LogP contribution < -0.4 is 20.1 Å². The van der Waals surface area contributed by atoms with E-state index in [1.807, 2.05) is 54.6 Å². The lowest BCUT2D eigenvalue weighted by Crippen LogP contribution is -2.28. The minimum atomic E-state index is -0.265. The first-order chi connectivity index (χ1) is 13.7. The molecule has 0 aliphatic carbocycles. The zero-order valence-corrected chi connectivity index (χ0v) is 15.5. The lowest BCUT2D eigenvalue weighted by Gasteiger charge is -2.12. The number of hydrogen-bond acceptors (Lipinski definition) is 4. The van der Waals surface area contributed by atoms with E-state index < -0.39 is 0 Å². The average molecular weight is 375 g/mol. The standard InChI is InChI=1S/C22H21N3O3/c1-27-19-4-2-3-16(11-19)20-12-17-5-6-18(13-21(17)28-20)25-22(26)24-14-15-7-9-23-10-8-15/h2-11,13,20H,12,14H2,1H3,(H2,24,25,26). The van der Waals surface area contributed by atoms with Crippen LogP contribution >= 0.6 is 0 Å². The molecule has 1 aromatic heterocycles. The summed E-state index contributed by atoms with van der Waals surface area (Å²) in [5.41, 5.74) is 3.87. The van der Waals surface area contributed by atoms with Crippen LogP contribution in [0.2, 0.25) is 0 Å². The minimum absolute atomic E-state index is 0.0548. The molecule has 2 N–H and O–H groups in total. The molecule has 2 amide bonds. The van der Waals surface area contributed by atoms with Crippen molar-refractivity contribution in [1.29, 1.82) is 0 Å². The zero-order valence-electron chi connectivity index (χ0n) is 15.5. The minimum Gasteiger partial charge on any atom is -0.497 e. The van der Waals surface area contributed by atoms with E-state index >= 15 is 0 Å². The second-order valence-electron chi connectivity index (χ2n) is 6.57. The molecule has 0 saturated carbocycles. The molecular weight excluding hydrogens is 354 g/mol. The number of aromatic nitrogens is 1. The molecule has 1 aliphatic rings. The number of benzene rings is 2. The van der Waals surface area contributed by atoms with E-state index in [2.05, 4.69) is 15.6 Å². The van der Waals surface area contributed by atoms with Gasteiger partial charge in [0.2, 0.25) is 0 Å². The highest BCUT2D eigenvalue weighted by Gasteiger charge is 2.25. The number of carbonyl (C=O) groups excluding carboxylic acids is 1. The molecule has 1 aliphatic heterocycles. The van der Waals surface area contributed by atoms with Crippen LogP contribution in [0.1, 0.15) is 22.8 Å². The molecule has 2 heterocycles. The Bertz CT molecular complexity index is 976. The molecule has 6 heteroatoms. The number of rotatable bonds is 5. The van der Waals surface area contributed by atoms with Crippen LogP contribution in [0.25, 0.3) is 0 Å². The molecule has 0 spiro atoms. The fraction of sp³-hybridized carbons (Fsp3) is 0.182. The third kappa shape index (κ3) is 4.06. The van der Waals surface area contributed by atoms with Gasteiger partial charge in [-0.05, 0) is 47.0 Å². The summed E-state index contributed by atoms with van der Waals surface area (Å²) in [4.78, 5) is 16.1. The molecule has 4 rings (SSSR count). The molecule has 6 nitrogen and oxygen atoms in total. The molecule has 1 atom stereocenters. The van der Waals surface area contributed by atoms with Crippen molar-refractivity contribution < 1.29 is 14.3 Å². The Morgan fingerprint density at radius 2 is 2.04 bits per heavy atom. The highest BCUT2D eigenvalue weighted by atomic mass is 16.5. The van der Waals surface area contributed by atoms with Crippen LogP contribution in [0.15, 0.2) is 67.0 Å². The van der Waals surface area contributed by atoms with E-state index in [-0.39, 0.29) is 12.1 Å². The predicted octanol–water partition coefficient (Wildman–Crippen LogP) is 4.09. The Labute approximate surface area is 163 Å². The van der Waals surface area contributed by atoms with Crippen molar-refractivity contribution in [2.75, 3.05) is 12.4 Å². The molecule has 1 unspecified atom stereocenters. The fourth-order valence-electron chi connectivity index (χ4n) is 3.19. The molecule has 2 aromatic carbocycles. The molecule has 0 bridgehead atoms. The number of nitrogens with zero attached hydrogens (tertiary/aromatic N) is 1.